The van der Waals surface area contributed by atoms with E-state index in [4.69, 9.17) is 9.47 Å². The van der Waals surface area contributed by atoms with Crippen molar-refractivity contribution in [1.29, 1.82) is 0 Å². The summed E-state index contributed by atoms with van der Waals surface area (Å²) < 4.78 is 10.7. The molecule has 0 saturated carbocycles. The van der Waals surface area contributed by atoms with E-state index in [0.29, 0.717) is 35.6 Å². The van der Waals surface area contributed by atoms with Gasteiger partial charge < -0.3 is 14.8 Å². The Balaban J connectivity index is 2.08. The Morgan fingerprint density at radius 3 is 2.21 bits per heavy atom. The summed E-state index contributed by atoms with van der Waals surface area (Å²) in [6.07, 6.45) is 3.81. The molecule has 1 heterocycles. The molecule has 1 fully saturated rings. The van der Waals surface area contributed by atoms with E-state index in [1.54, 1.807) is 26.4 Å². The van der Waals surface area contributed by atoms with Crippen LogP contribution in [0.2, 0.25) is 0 Å². The Labute approximate surface area is 145 Å². The predicted molar refractivity (Wildman–Crippen MR) is 95.9 cm³/mol. The summed E-state index contributed by atoms with van der Waals surface area (Å²) in [7, 11) is 3.13. The third-order valence-electron chi connectivity index (χ3n) is 4.76. The molecular formula is C19H30N2O3. The van der Waals surface area contributed by atoms with Crippen LogP contribution < -0.4 is 14.8 Å². The van der Waals surface area contributed by atoms with Crippen molar-refractivity contribution in [2.45, 2.75) is 39.2 Å². The van der Waals surface area contributed by atoms with Crippen LogP contribution in [0.15, 0.2) is 18.2 Å². The van der Waals surface area contributed by atoms with Gasteiger partial charge in [-0.2, -0.15) is 0 Å². The third-order valence-corrected chi connectivity index (χ3v) is 4.76. The predicted octanol–water partition coefficient (Wildman–Crippen LogP) is 2.94. The first kappa shape index (κ1) is 18.6. The minimum Gasteiger partial charge on any atom is -0.496 e. The summed E-state index contributed by atoms with van der Waals surface area (Å²) in [5.74, 6) is 1.41. The van der Waals surface area contributed by atoms with Crippen LogP contribution >= 0.6 is 0 Å². The molecule has 5 heteroatoms. The largest absolute Gasteiger partial charge is 0.496 e. The van der Waals surface area contributed by atoms with E-state index in [9.17, 15) is 4.79 Å². The second kappa shape index (κ2) is 8.92. The molecule has 0 radical (unpaired) electrons. The molecule has 1 aliphatic heterocycles. The van der Waals surface area contributed by atoms with Gasteiger partial charge in [-0.05, 0) is 44.0 Å². The van der Waals surface area contributed by atoms with E-state index in [-0.39, 0.29) is 5.91 Å². The Morgan fingerprint density at radius 2 is 1.71 bits per heavy atom. The first-order valence-corrected chi connectivity index (χ1v) is 8.81. The van der Waals surface area contributed by atoms with Gasteiger partial charge in [-0.1, -0.05) is 26.3 Å². The van der Waals surface area contributed by atoms with E-state index < -0.39 is 0 Å². The lowest BCUT2D eigenvalue weighted by Gasteiger charge is -2.37. The maximum atomic E-state index is 12.7. The molecule has 1 aromatic carbocycles. The molecule has 1 aromatic rings. The summed E-state index contributed by atoms with van der Waals surface area (Å²) in [6, 6.07) is 5.73. The highest BCUT2D eigenvalue weighted by Gasteiger charge is 2.25. The number of hydrogen-bond acceptors (Lipinski definition) is 4. The number of benzene rings is 1. The van der Waals surface area contributed by atoms with Gasteiger partial charge in [0.2, 0.25) is 0 Å². The molecule has 1 aliphatic rings. The molecule has 1 N–H and O–H groups in total. The van der Waals surface area contributed by atoms with Gasteiger partial charge in [0.25, 0.3) is 5.91 Å². The van der Waals surface area contributed by atoms with Crippen LogP contribution in [0.3, 0.4) is 0 Å². The van der Waals surface area contributed by atoms with Gasteiger partial charge in [-0.3, -0.25) is 9.69 Å². The van der Waals surface area contributed by atoms with Crippen molar-refractivity contribution in [2.24, 2.45) is 5.92 Å². The van der Waals surface area contributed by atoms with Gasteiger partial charge in [-0.15, -0.1) is 0 Å². The average molecular weight is 334 g/mol. The molecule has 1 saturated heterocycles. The number of hydrogen-bond donors (Lipinski definition) is 1. The van der Waals surface area contributed by atoms with Crippen LogP contribution in [0.5, 0.6) is 11.5 Å². The molecule has 134 valence electrons. The molecule has 0 aromatic heterocycles. The zero-order valence-corrected chi connectivity index (χ0v) is 15.3. The highest BCUT2D eigenvalue weighted by molar-refractivity contribution is 5.99. The van der Waals surface area contributed by atoms with Crippen LogP contribution in [0.1, 0.15) is 43.5 Å². The number of nitrogens with zero attached hydrogens (tertiary/aromatic N) is 1. The highest BCUT2D eigenvalue weighted by Crippen LogP contribution is 2.28. The Kier molecular flexibility index (Phi) is 6.91. The van der Waals surface area contributed by atoms with E-state index in [1.165, 1.54) is 19.3 Å². The number of rotatable bonds is 7. The van der Waals surface area contributed by atoms with Crippen LogP contribution in [0.4, 0.5) is 0 Å². The Hall–Kier alpha value is -1.75. The molecule has 2 rings (SSSR count). The number of methoxy groups -OCH3 is 2. The number of piperidine rings is 1. The fourth-order valence-corrected chi connectivity index (χ4v) is 3.40. The lowest BCUT2D eigenvalue weighted by Crippen LogP contribution is -2.48. The van der Waals surface area contributed by atoms with Gasteiger partial charge >= 0.3 is 0 Å². The van der Waals surface area contributed by atoms with Crippen molar-refractivity contribution in [3.63, 3.8) is 0 Å². The van der Waals surface area contributed by atoms with Crippen molar-refractivity contribution in [2.75, 3.05) is 33.9 Å². The molecule has 0 bridgehead atoms. The standard InChI is InChI=1S/C19H30N2O3/c1-14(2)15(21-11-6-5-7-12-21)13-20-19(22)18-16(23-3)9-8-10-17(18)24-4/h8-10,14-15H,5-7,11-13H2,1-4H3,(H,20,22). The van der Waals surface area contributed by atoms with Crippen molar-refractivity contribution >= 4 is 5.91 Å². The van der Waals surface area contributed by atoms with Gasteiger partial charge in [0.15, 0.2) is 0 Å². The zero-order valence-electron chi connectivity index (χ0n) is 15.3. The Morgan fingerprint density at radius 1 is 1.12 bits per heavy atom. The minimum atomic E-state index is -0.146. The number of carbonyl (C=O) groups is 1. The lowest BCUT2D eigenvalue weighted by atomic mass is 9.99. The fraction of sp³-hybridized carbons (Fsp3) is 0.632. The molecule has 1 unspecified atom stereocenters. The number of carbonyl (C=O) groups excluding carboxylic acids is 1. The molecule has 5 nitrogen and oxygen atoms in total. The number of amides is 1. The highest BCUT2D eigenvalue weighted by atomic mass is 16.5. The third kappa shape index (κ3) is 4.41. The quantitative estimate of drug-likeness (QED) is 0.833. The molecule has 0 aliphatic carbocycles. The summed E-state index contributed by atoms with van der Waals surface area (Å²) in [5.41, 5.74) is 0.462. The number of ether oxygens (including phenoxy) is 2. The van der Waals surface area contributed by atoms with E-state index in [1.807, 2.05) is 6.07 Å². The van der Waals surface area contributed by atoms with Crippen LogP contribution in [0, 0.1) is 5.92 Å². The van der Waals surface area contributed by atoms with Crippen LogP contribution in [-0.4, -0.2) is 50.7 Å². The van der Waals surface area contributed by atoms with Crippen molar-refractivity contribution < 1.29 is 14.3 Å². The zero-order chi connectivity index (χ0) is 17.5. The van der Waals surface area contributed by atoms with Gasteiger partial charge in [0.1, 0.15) is 17.1 Å². The Bertz CT molecular complexity index is 517. The minimum absolute atomic E-state index is 0.146. The van der Waals surface area contributed by atoms with Gasteiger partial charge in [0.05, 0.1) is 14.2 Å². The summed E-state index contributed by atoms with van der Waals surface area (Å²) in [5, 5.41) is 3.09. The number of nitrogens with one attached hydrogen (secondary N) is 1. The molecule has 24 heavy (non-hydrogen) atoms. The summed E-state index contributed by atoms with van der Waals surface area (Å²) >= 11 is 0. The van der Waals surface area contributed by atoms with Crippen molar-refractivity contribution in [1.82, 2.24) is 10.2 Å². The summed E-state index contributed by atoms with van der Waals surface area (Å²) in [6.45, 7) is 7.31. The van der Waals surface area contributed by atoms with Crippen LogP contribution in [-0.2, 0) is 0 Å². The monoisotopic (exact) mass is 334 g/mol. The summed E-state index contributed by atoms with van der Waals surface area (Å²) in [4.78, 5) is 15.2. The maximum Gasteiger partial charge on any atom is 0.258 e. The van der Waals surface area contributed by atoms with E-state index >= 15 is 0 Å². The molecule has 1 atom stereocenters. The molecule has 1 amide bonds. The smallest absolute Gasteiger partial charge is 0.258 e. The number of likely N-dealkylation sites (tertiary alicyclic amines) is 1. The fourth-order valence-electron chi connectivity index (χ4n) is 3.40. The van der Waals surface area contributed by atoms with Gasteiger partial charge in [-0.25, -0.2) is 0 Å². The first-order valence-electron chi connectivity index (χ1n) is 8.81. The average Bonchev–Trinajstić information content (AvgIpc) is 2.61. The maximum absolute atomic E-state index is 12.7. The van der Waals surface area contributed by atoms with Crippen molar-refractivity contribution in [3.8, 4) is 11.5 Å². The molecular weight excluding hydrogens is 304 g/mol. The van der Waals surface area contributed by atoms with Gasteiger partial charge in [0, 0.05) is 12.6 Å². The van der Waals surface area contributed by atoms with E-state index in [0.717, 1.165) is 13.1 Å². The lowest BCUT2D eigenvalue weighted by molar-refractivity contribution is 0.0890. The van der Waals surface area contributed by atoms with E-state index in [2.05, 4.69) is 24.1 Å². The van der Waals surface area contributed by atoms with Crippen LogP contribution in [0.25, 0.3) is 0 Å². The van der Waals surface area contributed by atoms with Crippen molar-refractivity contribution in [3.05, 3.63) is 23.8 Å². The first-order chi connectivity index (χ1) is 11.6. The SMILES string of the molecule is COc1cccc(OC)c1C(=O)NCC(C(C)C)N1CCCCC1. The topological polar surface area (TPSA) is 50.8 Å². The second-order valence-electron chi connectivity index (χ2n) is 6.66. The normalized spacial score (nSPS) is 16.7. The molecule has 0 spiro atoms. The second-order valence-corrected chi connectivity index (χ2v) is 6.66.